The van der Waals surface area contributed by atoms with Crippen molar-refractivity contribution in [1.29, 1.82) is 0 Å². The van der Waals surface area contributed by atoms with E-state index in [2.05, 4.69) is 0 Å². The molecule has 3 N–H and O–H groups in total. The van der Waals surface area contributed by atoms with E-state index >= 15 is 0 Å². The van der Waals surface area contributed by atoms with Crippen LogP contribution in [0.1, 0.15) is 26.7 Å². The molecule has 0 heterocycles. The van der Waals surface area contributed by atoms with Gasteiger partial charge in [0.2, 0.25) is 0 Å². The molecule has 4 heteroatoms. The lowest BCUT2D eigenvalue weighted by molar-refractivity contribution is -0.146. The van der Waals surface area contributed by atoms with Crippen molar-refractivity contribution >= 4 is 5.97 Å². The molecule has 0 aromatic rings. The van der Waals surface area contributed by atoms with Crippen LogP contribution in [-0.2, 0) is 4.79 Å². The predicted octanol–water partition coefficient (Wildman–Crippen LogP) is 0.229. The molecule has 3 unspecified atom stereocenters. The van der Waals surface area contributed by atoms with Gasteiger partial charge in [-0.2, -0.15) is 0 Å². The van der Waals surface area contributed by atoms with Gasteiger partial charge >= 0.3 is 5.97 Å². The average molecular weight is 176 g/mol. The number of hydrogen-bond acceptors (Lipinski definition) is 3. The van der Waals surface area contributed by atoms with E-state index in [4.69, 9.17) is 15.3 Å². The zero-order valence-electron chi connectivity index (χ0n) is 7.40. The van der Waals surface area contributed by atoms with Gasteiger partial charge in [0.05, 0.1) is 18.1 Å². The first-order valence-corrected chi connectivity index (χ1v) is 4.08. The summed E-state index contributed by atoms with van der Waals surface area (Å²) < 4.78 is 0. The van der Waals surface area contributed by atoms with Crippen LogP contribution in [0.4, 0.5) is 0 Å². The van der Waals surface area contributed by atoms with Gasteiger partial charge in [-0.1, -0.05) is 6.92 Å². The maximum atomic E-state index is 10.5. The van der Waals surface area contributed by atoms with Gasteiger partial charge < -0.3 is 15.3 Å². The van der Waals surface area contributed by atoms with E-state index in [9.17, 15) is 4.79 Å². The summed E-state index contributed by atoms with van der Waals surface area (Å²) in [6.45, 7) is 3.19. The summed E-state index contributed by atoms with van der Waals surface area (Å²) in [6, 6.07) is 0. The van der Waals surface area contributed by atoms with Crippen LogP contribution in [-0.4, -0.2) is 33.5 Å². The maximum Gasteiger partial charge on any atom is 0.309 e. The topological polar surface area (TPSA) is 77.8 Å². The van der Waals surface area contributed by atoms with Gasteiger partial charge in [0.1, 0.15) is 0 Å². The van der Waals surface area contributed by atoms with E-state index < -0.39 is 24.1 Å². The fourth-order valence-electron chi connectivity index (χ4n) is 0.964. The van der Waals surface area contributed by atoms with Crippen LogP contribution >= 0.6 is 0 Å². The van der Waals surface area contributed by atoms with Crippen molar-refractivity contribution in [3.8, 4) is 0 Å². The Morgan fingerprint density at radius 1 is 1.42 bits per heavy atom. The molecule has 12 heavy (non-hydrogen) atoms. The quantitative estimate of drug-likeness (QED) is 0.560. The molecule has 0 aromatic heterocycles. The Bertz CT molecular complexity index is 144. The first-order chi connectivity index (χ1) is 5.49. The van der Waals surface area contributed by atoms with Crippen molar-refractivity contribution < 1.29 is 20.1 Å². The van der Waals surface area contributed by atoms with Crippen molar-refractivity contribution in [1.82, 2.24) is 0 Å². The highest BCUT2D eigenvalue weighted by molar-refractivity contribution is 5.70. The average Bonchev–Trinajstić information content (AvgIpc) is 1.98. The molecule has 0 radical (unpaired) electrons. The van der Waals surface area contributed by atoms with Crippen molar-refractivity contribution in [2.75, 3.05) is 0 Å². The monoisotopic (exact) mass is 176 g/mol. The molecule has 0 aromatic carbocycles. The summed E-state index contributed by atoms with van der Waals surface area (Å²) in [5, 5.41) is 26.8. The summed E-state index contributed by atoms with van der Waals surface area (Å²) in [5.41, 5.74) is 0. The van der Waals surface area contributed by atoms with Gasteiger partial charge in [-0.25, -0.2) is 0 Å². The number of aliphatic hydroxyl groups excluding tert-OH is 2. The Morgan fingerprint density at radius 2 is 1.92 bits per heavy atom. The number of rotatable bonds is 5. The molecule has 0 saturated heterocycles. The van der Waals surface area contributed by atoms with Gasteiger partial charge in [0.25, 0.3) is 0 Å². The van der Waals surface area contributed by atoms with Crippen molar-refractivity contribution in [3.63, 3.8) is 0 Å². The molecular weight excluding hydrogens is 160 g/mol. The standard InChI is InChI=1S/C8H16O4/c1-3-6(10)4-7(5(2)9)8(11)12/h5-7,9-10H,3-4H2,1-2H3,(H,11,12). The van der Waals surface area contributed by atoms with Gasteiger partial charge in [0, 0.05) is 0 Å². The molecule has 0 amide bonds. The SMILES string of the molecule is CCC(O)CC(C(=O)O)C(C)O. The van der Waals surface area contributed by atoms with Crippen molar-refractivity contribution in [2.45, 2.75) is 38.9 Å². The lowest BCUT2D eigenvalue weighted by atomic mass is 9.95. The second kappa shape index (κ2) is 5.11. The highest BCUT2D eigenvalue weighted by Gasteiger charge is 2.25. The van der Waals surface area contributed by atoms with E-state index in [0.717, 1.165) is 0 Å². The Labute approximate surface area is 71.8 Å². The summed E-state index contributed by atoms with van der Waals surface area (Å²) in [7, 11) is 0. The first kappa shape index (κ1) is 11.4. The van der Waals surface area contributed by atoms with Crippen molar-refractivity contribution in [3.05, 3.63) is 0 Å². The van der Waals surface area contributed by atoms with E-state index in [1.165, 1.54) is 6.92 Å². The highest BCUT2D eigenvalue weighted by Crippen LogP contribution is 2.13. The molecule has 0 aliphatic carbocycles. The van der Waals surface area contributed by atoms with Crippen LogP contribution in [0.2, 0.25) is 0 Å². The zero-order chi connectivity index (χ0) is 9.72. The van der Waals surface area contributed by atoms with E-state index in [1.54, 1.807) is 6.92 Å². The number of aliphatic carboxylic acids is 1. The Kier molecular flexibility index (Phi) is 4.85. The summed E-state index contributed by atoms with van der Waals surface area (Å²) in [4.78, 5) is 10.5. The molecule has 0 aliphatic rings. The Hall–Kier alpha value is -0.610. The minimum Gasteiger partial charge on any atom is -0.481 e. The fraction of sp³-hybridized carbons (Fsp3) is 0.875. The second-order valence-electron chi connectivity index (χ2n) is 2.98. The Balaban J connectivity index is 4.05. The fourth-order valence-corrected chi connectivity index (χ4v) is 0.964. The molecular formula is C8H16O4. The summed E-state index contributed by atoms with van der Waals surface area (Å²) in [6.07, 6.45) is -0.926. The van der Waals surface area contributed by atoms with Gasteiger partial charge in [0.15, 0.2) is 0 Å². The third kappa shape index (κ3) is 3.69. The van der Waals surface area contributed by atoms with Crippen molar-refractivity contribution in [2.24, 2.45) is 5.92 Å². The van der Waals surface area contributed by atoms with E-state index in [-0.39, 0.29) is 6.42 Å². The van der Waals surface area contributed by atoms with Crippen LogP contribution in [0.5, 0.6) is 0 Å². The number of carbonyl (C=O) groups is 1. The molecule has 0 aliphatic heterocycles. The molecule has 0 saturated carbocycles. The minimum atomic E-state index is -1.06. The molecule has 4 nitrogen and oxygen atoms in total. The maximum absolute atomic E-state index is 10.5. The normalized spacial score (nSPS) is 18.3. The van der Waals surface area contributed by atoms with Crippen LogP contribution in [0.3, 0.4) is 0 Å². The number of aliphatic hydroxyl groups is 2. The second-order valence-corrected chi connectivity index (χ2v) is 2.98. The smallest absolute Gasteiger partial charge is 0.309 e. The highest BCUT2D eigenvalue weighted by atomic mass is 16.4. The van der Waals surface area contributed by atoms with Crippen LogP contribution < -0.4 is 0 Å². The van der Waals surface area contributed by atoms with E-state index in [0.29, 0.717) is 6.42 Å². The molecule has 3 atom stereocenters. The molecule has 0 spiro atoms. The van der Waals surface area contributed by atoms with E-state index in [1.807, 2.05) is 0 Å². The molecule has 72 valence electrons. The molecule has 0 rings (SSSR count). The lowest BCUT2D eigenvalue weighted by Crippen LogP contribution is -2.29. The number of hydrogen-bond donors (Lipinski definition) is 3. The summed E-state index contributed by atoms with van der Waals surface area (Å²) >= 11 is 0. The predicted molar refractivity (Wildman–Crippen MR) is 43.7 cm³/mol. The largest absolute Gasteiger partial charge is 0.481 e. The van der Waals surface area contributed by atoms with Gasteiger partial charge in [-0.3, -0.25) is 4.79 Å². The Morgan fingerprint density at radius 3 is 2.17 bits per heavy atom. The minimum absolute atomic E-state index is 0.115. The number of carboxylic acids is 1. The number of carboxylic acid groups (broad SMARTS) is 1. The lowest BCUT2D eigenvalue weighted by Gasteiger charge is -2.17. The third-order valence-corrected chi connectivity index (χ3v) is 1.90. The van der Waals surface area contributed by atoms with Crippen LogP contribution in [0.15, 0.2) is 0 Å². The third-order valence-electron chi connectivity index (χ3n) is 1.90. The molecule has 0 bridgehead atoms. The summed E-state index contributed by atoms with van der Waals surface area (Å²) in [5.74, 6) is -1.92. The van der Waals surface area contributed by atoms with Gasteiger partial charge in [-0.15, -0.1) is 0 Å². The molecule has 0 fully saturated rings. The van der Waals surface area contributed by atoms with Crippen LogP contribution in [0, 0.1) is 5.92 Å². The van der Waals surface area contributed by atoms with Gasteiger partial charge in [-0.05, 0) is 19.8 Å². The van der Waals surface area contributed by atoms with Crippen LogP contribution in [0.25, 0.3) is 0 Å². The zero-order valence-corrected chi connectivity index (χ0v) is 7.40. The first-order valence-electron chi connectivity index (χ1n) is 4.08.